The standard InChI is InChI=1S/C17H16O.C13H24O2S/c1-12(18)10-11-17-15-8-4-2-6-13(15)14-7-3-5-9-16(14)17;1-8-6-10(9(8)2)7-11(12(14)15)13(3,4)16-5/h2-9,17H,10-11H2,1H3;8-11H,6-7H2,1-5H3,(H,14,15). The van der Waals surface area contributed by atoms with Crippen LogP contribution in [-0.2, 0) is 9.59 Å². The Morgan fingerprint density at radius 2 is 1.56 bits per heavy atom. The Morgan fingerprint density at radius 1 is 1.03 bits per heavy atom. The molecule has 0 spiro atoms. The minimum Gasteiger partial charge on any atom is -0.481 e. The van der Waals surface area contributed by atoms with E-state index in [1.165, 1.54) is 28.7 Å². The van der Waals surface area contributed by atoms with Crippen molar-refractivity contribution in [1.29, 1.82) is 0 Å². The number of rotatable bonds is 8. The van der Waals surface area contributed by atoms with Crippen LogP contribution in [0.4, 0.5) is 0 Å². The fourth-order valence-corrected chi connectivity index (χ4v) is 6.01. The predicted octanol–water partition coefficient (Wildman–Crippen LogP) is 7.68. The van der Waals surface area contributed by atoms with Crippen LogP contribution < -0.4 is 0 Å². The van der Waals surface area contributed by atoms with E-state index in [4.69, 9.17) is 0 Å². The molecule has 0 saturated heterocycles. The summed E-state index contributed by atoms with van der Waals surface area (Å²) in [4.78, 5) is 22.6. The maximum atomic E-state index is 11.4. The average molecular weight is 481 g/mol. The highest BCUT2D eigenvalue weighted by Gasteiger charge is 2.42. The third kappa shape index (κ3) is 5.76. The van der Waals surface area contributed by atoms with Crippen molar-refractivity contribution in [1.82, 2.24) is 0 Å². The highest BCUT2D eigenvalue weighted by Crippen LogP contribution is 2.47. The molecular formula is C30H40O3S. The molecule has 0 aromatic heterocycles. The van der Waals surface area contributed by atoms with Gasteiger partial charge in [0.15, 0.2) is 0 Å². The molecule has 4 unspecified atom stereocenters. The molecular weight excluding hydrogens is 440 g/mol. The first-order chi connectivity index (χ1) is 16.1. The zero-order valence-electron chi connectivity index (χ0n) is 21.5. The van der Waals surface area contributed by atoms with Crippen LogP contribution in [0.2, 0.25) is 0 Å². The average Bonchev–Trinajstić information content (AvgIpc) is 3.13. The lowest BCUT2D eigenvalue weighted by Crippen LogP contribution is -2.41. The molecule has 0 aliphatic heterocycles. The molecule has 2 aliphatic carbocycles. The molecule has 0 bridgehead atoms. The molecule has 34 heavy (non-hydrogen) atoms. The molecule has 184 valence electrons. The van der Waals surface area contributed by atoms with E-state index >= 15 is 0 Å². The summed E-state index contributed by atoms with van der Waals surface area (Å²) in [6.45, 7) is 10.3. The van der Waals surface area contributed by atoms with Crippen molar-refractivity contribution in [3.05, 3.63) is 59.7 Å². The molecule has 2 aromatic carbocycles. The molecule has 2 aromatic rings. The normalized spacial score (nSPS) is 22.0. The molecule has 4 rings (SSSR count). The number of hydrogen-bond donors (Lipinski definition) is 1. The van der Waals surface area contributed by atoms with Crippen LogP contribution in [0.5, 0.6) is 0 Å². The third-order valence-electron chi connectivity index (χ3n) is 8.27. The van der Waals surface area contributed by atoms with Crippen LogP contribution in [-0.4, -0.2) is 27.9 Å². The van der Waals surface area contributed by atoms with E-state index in [2.05, 4.69) is 62.4 Å². The number of fused-ring (bicyclic) bond motifs is 3. The number of Topliss-reactive ketones (excluding diaryl/α,β-unsaturated/α-hetero) is 1. The minimum atomic E-state index is -0.633. The van der Waals surface area contributed by atoms with Gasteiger partial charge in [-0.1, -0.05) is 62.4 Å². The van der Waals surface area contributed by atoms with Gasteiger partial charge in [-0.3, -0.25) is 4.79 Å². The van der Waals surface area contributed by atoms with Gasteiger partial charge in [0.2, 0.25) is 0 Å². The fourth-order valence-electron chi connectivity index (χ4n) is 5.53. The van der Waals surface area contributed by atoms with Gasteiger partial charge in [0, 0.05) is 17.1 Å². The van der Waals surface area contributed by atoms with Crippen LogP contribution >= 0.6 is 11.8 Å². The van der Waals surface area contributed by atoms with Crippen LogP contribution in [0.25, 0.3) is 11.1 Å². The first kappa shape index (κ1) is 26.5. The largest absolute Gasteiger partial charge is 0.481 e. The van der Waals surface area contributed by atoms with Crippen molar-refractivity contribution < 1.29 is 14.7 Å². The molecule has 0 heterocycles. The molecule has 0 radical (unpaired) electrons. The zero-order valence-corrected chi connectivity index (χ0v) is 22.3. The second-order valence-corrected chi connectivity index (χ2v) is 12.2. The Labute approximate surface area is 209 Å². The first-order valence-electron chi connectivity index (χ1n) is 12.5. The molecule has 0 amide bonds. The van der Waals surface area contributed by atoms with Crippen molar-refractivity contribution in [3.63, 3.8) is 0 Å². The highest BCUT2D eigenvalue weighted by molar-refractivity contribution is 8.00. The van der Waals surface area contributed by atoms with E-state index in [1.807, 2.05) is 20.1 Å². The monoisotopic (exact) mass is 480 g/mol. The van der Waals surface area contributed by atoms with E-state index in [9.17, 15) is 14.7 Å². The Morgan fingerprint density at radius 3 is 1.97 bits per heavy atom. The summed E-state index contributed by atoms with van der Waals surface area (Å²) in [6.07, 6.45) is 5.63. The van der Waals surface area contributed by atoms with Gasteiger partial charge in [-0.05, 0) is 86.3 Å². The third-order valence-corrected chi connectivity index (χ3v) is 9.60. The lowest BCUT2D eigenvalue weighted by molar-refractivity contribution is -0.144. The Bertz CT molecular complexity index is 966. The number of carboxylic acids is 1. The Hall–Kier alpha value is -2.07. The maximum absolute atomic E-state index is 11.4. The fraction of sp³-hybridized carbons (Fsp3) is 0.533. The number of carbonyl (C=O) groups is 2. The number of carboxylic acid groups (broad SMARTS) is 1. The van der Waals surface area contributed by atoms with Crippen molar-refractivity contribution in [2.45, 2.75) is 71.0 Å². The smallest absolute Gasteiger partial charge is 0.307 e. The van der Waals surface area contributed by atoms with Gasteiger partial charge >= 0.3 is 5.97 Å². The number of carbonyl (C=O) groups excluding carboxylic acids is 1. The van der Waals surface area contributed by atoms with Crippen molar-refractivity contribution in [2.24, 2.45) is 23.7 Å². The van der Waals surface area contributed by atoms with E-state index in [0.717, 1.165) is 18.8 Å². The van der Waals surface area contributed by atoms with Gasteiger partial charge in [0.1, 0.15) is 5.78 Å². The molecule has 2 aliphatic rings. The second kappa shape index (κ2) is 11.1. The van der Waals surface area contributed by atoms with Crippen molar-refractivity contribution in [3.8, 4) is 11.1 Å². The van der Waals surface area contributed by atoms with Crippen LogP contribution in [0.3, 0.4) is 0 Å². The minimum absolute atomic E-state index is 0.162. The summed E-state index contributed by atoms with van der Waals surface area (Å²) in [6, 6.07) is 17.1. The number of ketones is 1. The number of hydrogen-bond acceptors (Lipinski definition) is 3. The molecule has 1 fully saturated rings. The molecule has 3 nitrogen and oxygen atoms in total. The van der Waals surface area contributed by atoms with Crippen molar-refractivity contribution in [2.75, 3.05) is 6.26 Å². The topological polar surface area (TPSA) is 54.4 Å². The maximum Gasteiger partial charge on any atom is 0.307 e. The van der Waals surface area contributed by atoms with Gasteiger partial charge in [0.05, 0.1) is 5.92 Å². The lowest BCUT2D eigenvalue weighted by atomic mass is 9.63. The number of benzene rings is 2. The Kier molecular flexibility index (Phi) is 8.67. The summed E-state index contributed by atoms with van der Waals surface area (Å²) in [5.41, 5.74) is 5.42. The predicted molar refractivity (Wildman–Crippen MR) is 143 cm³/mol. The van der Waals surface area contributed by atoms with Gasteiger partial charge in [-0.15, -0.1) is 0 Å². The quantitative estimate of drug-likeness (QED) is 0.421. The molecule has 4 atom stereocenters. The highest BCUT2D eigenvalue weighted by atomic mass is 32.2. The summed E-state index contributed by atoms with van der Waals surface area (Å²) in [5.74, 6) is 1.89. The van der Waals surface area contributed by atoms with Gasteiger partial charge in [-0.2, -0.15) is 11.8 Å². The summed E-state index contributed by atoms with van der Waals surface area (Å²) >= 11 is 1.66. The van der Waals surface area contributed by atoms with Crippen LogP contribution in [0.15, 0.2) is 48.5 Å². The van der Waals surface area contributed by atoms with Gasteiger partial charge < -0.3 is 9.90 Å². The Balaban J connectivity index is 0.000000192. The zero-order chi connectivity index (χ0) is 25.0. The van der Waals surface area contributed by atoms with Crippen LogP contribution in [0.1, 0.15) is 77.3 Å². The molecule has 4 heteroatoms. The van der Waals surface area contributed by atoms with E-state index < -0.39 is 5.97 Å². The SMILES string of the molecule is CC(=O)CCC1c2ccccc2-c2ccccc21.CSC(C)(C)C(CC1CC(C)C1C)C(=O)O. The molecule has 1 saturated carbocycles. The lowest BCUT2D eigenvalue weighted by Gasteiger charge is -2.44. The first-order valence-corrected chi connectivity index (χ1v) is 13.7. The van der Waals surface area contributed by atoms with E-state index in [-0.39, 0.29) is 16.4 Å². The number of thioether (sulfide) groups is 1. The van der Waals surface area contributed by atoms with Crippen LogP contribution in [0, 0.1) is 23.7 Å². The van der Waals surface area contributed by atoms with Gasteiger partial charge in [0.25, 0.3) is 0 Å². The van der Waals surface area contributed by atoms with Gasteiger partial charge in [-0.25, -0.2) is 0 Å². The van der Waals surface area contributed by atoms with Crippen molar-refractivity contribution >= 4 is 23.5 Å². The second-order valence-electron chi connectivity index (χ2n) is 10.7. The summed E-state index contributed by atoms with van der Waals surface area (Å²) < 4.78 is -0.162. The number of aliphatic carboxylic acids is 1. The summed E-state index contributed by atoms with van der Waals surface area (Å²) in [5, 5.41) is 9.35. The summed E-state index contributed by atoms with van der Waals surface area (Å²) in [7, 11) is 0. The van der Waals surface area contributed by atoms with E-state index in [0.29, 0.717) is 24.2 Å². The van der Waals surface area contributed by atoms with E-state index in [1.54, 1.807) is 18.7 Å². The molecule has 1 N–H and O–H groups in total.